The van der Waals surface area contributed by atoms with Crippen molar-refractivity contribution in [3.63, 3.8) is 0 Å². The summed E-state index contributed by atoms with van der Waals surface area (Å²) in [6.45, 7) is 33.4. The molecular formula is C42H58Cl2Zr-2. The molecule has 0 nitrogen and oxygen atoms in total. The van der Waals surface area contributed by atoms with Crippen LogP contribution in [0.4, 0.5) is 0 Å². The molecule has 0 aliphatic heterocycles. The second kappa shape index (κ2) is 13.8. The van der Waals surface area contributed by atoms with E-state index in [4.69, 9.17) is 0 Å². The summed E-state index contributed by atoms with van der Waals surface area (Å²) in [4.78, 5) is 0. The minimum absolute atomic E-state index is 0. The first-order valence-corrected chi connectivity index (χ1v) is 17.8. The van der Waals surface area contributed by atoms with Crippen LogP contribution in [0.2, 0.25) is 0 Å². The predicted octanol–water partition coefficient (Wildman–Crippen LogP) is 5.73. The first-order chi connectivity index (χ1) is 19.7. The summed E-state index contributed by atoms with van der Waals surface area (Å²) in [7, 11) is 0. The molecule has 0 spiro atoms. The molecule has 0 saturated heterocycles. The zero-order chi connectivity index (χ0) is 32.3. The minimum atomic E-state index is 0. The van der Waals surface area contributed by atoms with Crippen molar-refractivity contribution in [1.29, 1.82) is 0 Å². The van der Waals surface area contributed by atoms with Gasteiger partial charge in [-0.15, -0.1) is 6.92 Å². The molecule has 1 fully saturated rings. The fourth-order valence-electron chi connectivity index (χ4n) is 8.60. The van der Waals surface area contributed by atoms with Crippen LogP contribution in [0.25, 0.3) is 5.57 Å². The van der Waals surface area contributed by atoms with Gasteiger partial charge < -0.3 is 24.8 Å². The smallest absolute Gasteiger partial charge is 0.0635 e. The van der Waals surface area contributed by atoms with E-state index in [1.54, 1.807) is 52.4 Å². The number of hydrogen-bond donors (Lipinski definition) is 0. The van der Waals surface area contributed by atoms with Gasteiger partial charge in [0.2, 0.25) is 0 Å². The van der Waals surface area contributed by atoms with Crippen LogP contribution < -0.4 is 24.8 Å². The summed E-state index contributed by atoms with van der Waals surface area (Å²) in [5.74, 6) is 2.24. The van der Waals surface area contributed by atoms with Gasteiger partial charge in [0.15, 0.2) is 0 Å². The van der Waals surface area contributed by atoms with Gasteiger partial charge in [0, 0.05) is 0 Å². The number of rotatable bonds is 0. The monoisotopic (exact) mass is 722 g/mol. The maximum atomic E-state index is 2.62. The van der Waals surface area contributed by atoms with E-state index < -0.39 is 0 Å². The van der Waals surface area contributed by atoms with Gasteiger partial charge in [0.25, 0.3) is 0 Å². The molecule has 2 aromatic carbocycles. The van der Waals surface area contributed by atoms with Gasteiger partial charge in [-0.05, 0) is 40.6 Å². The van der Waals surface area contributed by atoms with Crippen molar-refractivity contribution in [1.82, 2.24) is 0 Å². The van der Waals surface area contributed by atoms with Crippen LogP contribution in [-0.4, -0.2) is 3.21 Å². The summed E-state index contributed by atoms with van der Waals surface area (Å²) in [6, 6.07) is 15.8. The van der Waals surface area contributed by atoms with Crippen molar-refractivity contribution in [2.45, 2.75) is 122 Å². The van der Waals surface area contributed by atoms with Gasteiger partial charge in [-0.3, -0.25) is 0 Å². The molecule has 6 rings (SSSR count). The second-order valence-corrected chi connectivity index (χ2v) is 19.1. The molecule has 45 heavy (non-hydrogen) atoms. The Morgan fingerprint density at radius 2 is 1.53 bits per heavy atom. The van der Waals surface area contributed by atoms with Crippen LogP contribution in [0.1, 0.15) is 125 Å². The quantitative estimate of drug-likeness (QED) is 0.305. The van der Waals surface area contributed by atoms with Crippen molar-refractivity contribution < 1.29 is 49.0 Å². The molecule has 1 saturated carbocycles. The third kappa shape index (κ3) is 6.55. The largest absolute Gasteiger partial charge is 1.00 e. The van der Waals surface area contributed by atoms with Crippen LogP contribution >= 0.6 is 0 Å². The number of halogens is 2. The van der Waals surface area contributed by atoms with Crippen molar-refractivity contribution in [3.8, 4) is 0 Å². The van der Waals surface area contributed by atoms with Crippen LogP contribution in [-0.2, 0) is 36.1 Å². The number of aryl methyl sites for hydroxylation is 1. The molecule has 0 radical (unpaired) electrons. The van der Waals surface area contributed by atoms with Crippen molar-refractivity contribution in [2.75, 3.05) is 0 Å². The molecule has 0 aromatic heterocycles. The molecule has 0 heterocycles. The van der Waals surface area contributed by atoms with Gasteiger partial charge in [0.1, 0.15) is 0 Å². The van der Waals surface area contributed by atoms with Crippen LogP contribution in [0, 0.1) is 40.4 Å². The second-order valence-electron chi connectivity index (χ2n) is 16.7. The molecule has 0 bridgehead atoms. The van der Waals surface area contributed by atoms with Gasteiger partial charge >= 0.3 is 41.3 Å². The standard InChI is InChI=1S/C29H37.C10H15.C3H6.2ClH.Zr/c1-18-25-22-17-19-13-9-10-14-20(19)24(22)21-15-11-12-16-23(21)29(25,8)28(6,7)27(4,5)26(18,2)3;1-8-5-6-9(7-8)10(2,3)4;1-3-2;;;/h9-11,13-15,23H,12,16-17H2,1-8H3;5-7H,1-4H3;1-2H3;2*1H;/q2*-1;;;;+2/p-2. The SMILES string of the molecule is C[C-]1C2=C3Cc4ccccc4C3=C3C=CCCC3C2(C)C(C)(C)C(C)(C)C1(C)C.C[C](C)=[Zr+2].Cc1cc(C(C)(C)C)c[cH-]1.[Cl-].[Cl-]. The number of hydrogen-bond acceptors (Lipinski definition) is 0. The van der Waals surface area contributed by atoms with E-state index in [1.807, 2.05) is 0 Å². The molecule has 2 aromatic rings. The van der Waals surface area contributed by atoms with E-state index in [0.29, 0.717) is 11.3 Å². The van der Waals surface area contributed by atoms with Gasteiger partial charge in [0.05, 0.1) is 0 Å². The Labute approximate surface area is 304 Å². The van der Waals surface area contributed by atoms with E-state index in [2.05, 4.69) is 152 Å². The molecule has 0 amide bonds. The molecule has 246 valence electrons. The number of fused-ring (bicyclic) bond motifs is 6. The average molecular weight is 725 g/mol. The Kier molecular flexibility index (Phi) is 12.4. The zero-order valence-electron chi connectivity index (χ0n) is 30.7. The Morgan fingerprint density at radius 1 is 0.956 bits per heavy atom. The van der Waals surface area contributed by atoms with Crippen molar-refractivity contribution in [2.24, 2.45) is 27.6 Å². The molecule has 0 N–H and O–H groups in total. The van der Waals surface area contributed by atoms with Gasteiger partial charge in [-0.2, -0.15) is 34.4 Å². The molecule has 3 heteroatoms. The first-order valence-electron chi connectivity index (χ1n) is 16.5. The number of allylic oxidation sites excluding steroid dienone is 6. The first kappa shape index (κ1) is 40.2. The van der Waals surface area contributed by atoms with Gasteiger partial charge in [-0.1, -0.05) is 147 Å². The predicted molar refractivity (Wildman–Crippen MR) is 186 cm³/mol. The summed E-state index contributed by atoms with van der Waals surface area (Å²) >= 11 is 1.55. The molecule has 2 atom stereocenters. The average Bonchev–Trinajstić information content (AvgIpc) is 3.51. The maximum absolute atomic E-state index is 2.62. The molecular weight excluding hydrogens is 667 g/mol. The Bertz CT molecular complexity index is 1480. The zero-order valence-corrected chi connectivity index (χ0v) is 34.6. The van der Waals surface area contributed by atoms with E-state index >= 15 is 0 Å². The maximum Gasteiger partial charge on any atom is -0.0635 e. The normalized spacial score (nSPS) is 24.7. The Hall–Kier alpha value is -1.01. The van der Waals surface area contributed by atoms with E-state index in [-0.39, 0.29) is 46.5 Å². The summed E-state index contributed by atoms with van der Waals surface area (Å²) < 4.78 is 1.51. The third-order valence-corrected chi connectivity index (χ3v) is 12.6. The van der Waals surface area contributed by atoms with Crippen LogP contribution in [0.3, 0.4) is 0 Å². The van der Waals surface area contributed by atoms with Crippen LogP contribution in [0.5, 0.6) is 0 Å². The van der Waals surface area contributed by atoms with Gasteiger partial charge in [-0.25, -0.2) is 12.0 Å². The topological polar surface area (TPSA) is 0 Å². The van der Waals surface area contributed by atoms with E-state index in [0.717, 1.165) is 6.42 Å². The number of benzene rings is 1. The molecule has 2 unspecified atom stereocenters. The molecule has 4 aliphatic rings. The van der Waals surface area contributed by atoms with E-state index in [9.17, 15) is 0 Å². The Morgan fingerprint density at radius 3 is 2.04 bits per heavy atom. The summed E-state index contributed by atoms with van der Waals surface area (Å²) in [5.41, 5.74) is 13.4. The summed E-state index contributed by atoms with van der Waals surface area (Å²) in [5, 5.41) is 0. The fourth-order valence-corrected chi connectivity index (χ4v) is 8.60. The van der Waals surface area contributed by atoms with Crippen molar-refractivity contribution in [3.05, 3.63) is 99.5 Å². The summed E-state index contributed by atoms with van der Waals surface area (Å²) in [6.07, 6.45) is 8.50. The van der Waals surface area contributed by atoms with Crippen LogP contribution in [0.15, 0.2) is 71.3 Å². The fraction of sp³-hybridized carbons (Fsp3) is 0.548. The minimum Gasteiger partial charge on any atom is -1.00 e. The molecule has 4 aliphatic carbocycles. The third-order valence-electron chi connectivity index (χ3n) is 12.6. The van der Waals surface area contributed by atoms with E-state index in [1.165, 1.54) is 38.3 Å². The van der Waals surface area contributed by atoms with Crippen molar-refractivity contribution >= 4 is 8.78 Å². The Balaban J connectivity index is 0.000000371.